The van der Waals surface area contributed by atoms with Crippen LogP contribution in [0.4, 0.5) is 0 Å². The van der Waals surface area contributed by atoms with Crippen molar-refractivity contribution in [2.45, 2.75) is 0 Å². The topological polar surface area (TPSA) is 83.6 Å². The predicted octanol–water partition coefficient (Wildman–Crippen LogP) is -0.950. The number of hydrogen-bond donors (Lipinski definition) is 2. The smallest absolute Gasteiger partial charge is 0.266 e. The summed E-state index contributed by atoms with van der Waals surface area (Å²) in [6.45, 7) is 0.105. The van der Waals surface area contributed by atoms with E-state index >= 15 is 0 Å². The Morgan fingerprint density at radius 1 is 1.73 bits per heavy atom. The third kappa shape index (κ3) is 6.02. The molecule has 0 fully saturated rings. The molecule has 0 aliphatic rings. The van der Waals surface area contributed by atoms with Gasteiger partial charge in [-0.05, 0) is 12.2 Å². The first kappa shape index (κ1) is 10.6. The highest BCUT2D eigenvalue weighted by atomic mass is 32.2. The minimum Gasteiger partial charge on any atom is -0.376 e. The lowest BCUT2D eigenvalue weighted by atomic mass is 10.6. The highest BCUT2D eigenvalue weighted by Gasteiger charge is 2.06. The monoisotopic (exact) mass is 198 g/mol. The van der Waals surface area contributed by atoms with Gasteiger partial charge < -0.3 is 10.6 Å². The Morgan fingerprint density at radius 2 is 2.18 bits per heavy atom. The van der Waals surface area contributed by atoms with Crippen LogP contribution < -0.4 is 5.73 Å². The van der Waals surface area contributed by atoms with Gasteiger partial charge in [0.15, 0.2) is 5.11 Å². The summed E-state index contributed by atoms with van der Waals surface area (Å²) in [4.78, 5) is 1.36. The number of rotatable bonds is 3. The Morgan fingerprint density at radius 3 is 2.45 bits per heavy atom. The SMILES string of the molecule is CN(CCS(=O)(=O)O)C(N)=S. The highest BCUT2D eigenvalue weighted by Crippen LogP contribution is 1.86. The van der Waals surface area contributed by atoms with Crippen LogP contribution >= 0.6 is 12.2 Å². The molecule has 0 unspecified atom stereocenters. The molecular formula is C4H10N2O3S2. The first-order valence-electron chi connectivity index (χ1n) is 2.78. The molecule has 0 aliphatic heterocycles. The lowest BCUT2D eigenvalue weighted by Crippen LogP contribution is -2.35. The van der Waals surface area contributed by atoms with E-state index in [0.717, 1.165) is 0 Å². The van der Waals surface area contributed by atoms with E-state index in [1.54, 1.807) is 7.05 Å². The molecule has 0 heterocycles. The quantitative estimate of drug-likeness (QED) is 0.449. The number of nitrogens with two attached hydrogens (primary N) is 1. The van der Waals surface area contributed by atoms with Crippen molar-refractivity contribution in [3.05, 3.63) is 0 Å². The number of thiocarbonyl (C=S) groups is 1. The molecule has 0 amide bonds. The number of nitrogens with zero attached hydrogens (tertiary/aromatic N) is 1. The van der Waals surface area contributed by atoms with Gasteiger partial charge in [0.1, 0.15) is 0 Å². The van der Waals surface area contributed by atoms with E-state index < -0.39 is 10.1 Å². The fourth-order valence-electron chi connectivity index (χ4n) is 0.362. The predicted molar refractivity (Wildman–Crippen MR) is 45.8 cm³/mol. The molecule has 0 rings (SSSR count). The fraction of sp³-hybridized carbons (Fsp3) is 0.750. The molecule has 0 aromatic heterocycles. The van der Waals surface area contributed by atoms with E-state index in [9.17, 15) is 8.42 Å². The largest absolute Gasteiger partial charge is 0.376 e. The molecule has 0 aromatic carbocycles. The first-order valence-corrected chi connectivity index (χ1v) is 4.80. The van der Waals surface area contributed by atoms with E-state index in [1.807, 2.05) is 0 Å². The summed E-state index contributed by atoms with van der Waals surface area (Å²) >= 11 is 4.53. The molecule has 11 heavy (non-hydrogen) atoms. The van der Waals surface area contributed by atoms with Crippen LogP contribution in [0, 0.1) is 0 Å². The lowest BCUT2D eigenvalue weighted by molar-refractivity contribution is 0.466. The summed E-state index contributed by atoms with van der Waals surface area (Å²) in [7, 11) is -2.36. The molecular weight excluding hydrogens is 188 g/mol. The van der Waals surface area contributed by atoms with E-state index in [2.05, 4.69) is 12.2 Å². The summed E-state index contributed by atoms with van der Waals surface area (Å²) in [6.07, 6.45) is 0. The summed E-state index contributed by atoms with van der Waals surface area (Å²) in [6, 6.07) is 0. The van der Waals surface area contributed by atoms with Crippen LogP contribution in [0.25, 0.3) is 0 Å². The van der Waals surface area contributed by atoms with E-state index in [-0.39, 0.29) is 17.4 Å². The third-order valence-corrected chi connectivity index (χ3v) is 2.07. The molecule has 0 spiro atoms. The Bertz CT molecular complexity index is 236. The molecule has 0 bridgehead atoms. The van der Waals surface area contributed by atoms with Crippen LogP contribution in [0.2, 0.25) is 0 Å². The van der Waals surface area contributed by atoms with Gasteiger partial charge in [0.05, 0.1) is 5.75 Å². The van der Waals surface area contributed by atoms with Gasteiger partial charge in [0.25, 0.3) is 10.1 Å². The van der Waals surface area contributed by atoms with Crippen molar-refractivity contribution in [1.29, 1.82) is 0 Å². The zero-order valence-electron chi connectivity index (χ0n) is 6.02. The molecule has 0 radical (unpaired) electrons. The second-order valence-electron chi connectivity index (χ2n) is 2.05. The van der Waals surface area contributed by atoms with Crippen LogP contribution in [-0.4, -0.2) is 42.3 Å². The minimum atomic E-state index is -3.91. The Hall–Kier alpha value is -0.400. The van der Waals surface area contributed by atoms with Crippen LogP contribution in [0.3, 0.4) is 0 Å². The van der Waals surface area contributed by atoms with Gasteiger partial charge in [0, 0.05) is 13.6 Å². The normalized spacial score (nSPS) is 11.1. The van der Waals surface area contributed by atoms with Crippen molar-refractivity contribution >= 4 is 27.4 Å². The molecule has 0 aliphatic carbocycles. The Labute approximate surface area is 70.9 Å². The van der Waals surface area contributed by atoms with Gasteiger partial charge in [-0.15, -0.1) is 0 Å². The first-order chi connectivity index (χ1) is 4.83. The van der Waals surface area contributed by atoms with Crippen molar-refractivity contribution in [1.82, 2.24) is 4.90 Å². The maximum absolute atomic E-state index is 10.2. The second-order valence-corrected chi connectivity index (χ2v) is 4.04. The van der Waals surface area contributed by atoms with E-state index in [0.29, 0.717) is 0 Å². The van der Waals surface area contributed by atoms with Crippen molar-refractivity contribution in [3.63, 3.8) is 0 Å². The average molecular weight is 198 g/mol. The van der Waals surface area contributed by atoms with Crippen LogP contribution in [-0.2, 0) is 10.1 Å². The van der Waals surface area contributed by atoms with Crippen molar-refractivity contribution in [3.8, 4) is 0 Å². The fourth-order valence-corrected chi connectivity index (χ4v) is 0.958. The summed E-state index contributed by atoms with van der Waals surface area (Å²) in [5, 5.41) is 0.105. The molecule has 0 atom stereocenters. The van der Waals surface area contributed by atoms with Crippen LogP contribution in [0.1, 0.15) is 0 Å². The highest BCUT2D eigenvalue weighted by molar-refractivity contribution is 7.85. The van der Waals surface area contributed by atoms with Gasteiger partial charge in [-0.2, -0.15) is 8.42 Å². The Kier molecular flexibility index (Phi) is 3.70. The van der Waals surface area contributed by atoms with Crippen LogP contribution in [0.15, 0.2) is 0 Å². The maximum Gasteiger partial charge on any atom is 0.266 e. The van der Waals surface area contributed by atoms with Crippen molar-refractivity contribution in [2.75, 3.05) is 19.3 Å². The van der Waals surface area contributed by atoms with Gasteiger partial charge in [-0.25, -0.2) is 0 Å². The third-order valence-electron chi connectivity index (χ3n) is 1.06. The molecule has 5 nitrogen and oxygen atoms in total. The van der Waals surface area contributed by atoms with Gasteiger partial charge in [-0.3, -0.25) is 4.55 Å². The molecule has 0 aromatic rings. The summed E-state index contributed by atoms with van der Waals surface area (Å²) < 4.78 is 28.7. The van der Waals surface area contributed by atoms with Crippen LogP contribution in [0.5, 0.6) is 0 Å². The lowest BCUT2D eigenvalue weighted by Gasteiger charge is -2.14. The second kappa shape index (κ2) is 3.84. The summed E-state index contributed by atoms with van der Waals surface area (Å²) in [5.74, 6) is -0.360. The average Bonchev–Trinajstić information content (AvgIpc) is 1.80. The van der Waals surface area contributed by atoms with Gasteiger partial charge in [-0.1, -0.05) is 0 Å². The van der Waals surface area contributed by atoms with Gasteiger partial charge >= 0.3 is 0 Å². The van der Waals surface area contributed by atoms with Crippen molar-refractivity contribution < 1.29 is 13.0 Å². The zero-order chi connectivity index (χ0) is 9.07. The molecule has 7 heteroatoms. The van der Waals surface area contributed by atoms with E-state index in [1.165, 1.54) is 4.90 Å². The minimum absolute atomic E-state index is 0.105. The zero-order valence-corrected chi connectivity index (χ0v) is 7.65. The maximum atomic E-state index is 10.2. The Balaban J connectivity index is 3.82. The van der Waals surface area contributed by atoms with E-state index in [4.69, 9.17) is 10.3 Å². The molecule has 0 saturated carbocycles. The summed E-state index contributed by atoms with van der Waals surface area (Å²) in [5.41, 5.74) is 5.15. The van der Waals surface area contributed by atoms with Crippen molar-refractivity contribution in [2.24, 2.45) is 5.73 Å². The standard InChI is InChI=1S/C4H10N2O3S2/c1-6(4(5)10)2-3-11(7,8)9/h2-3H2,1H3,(H2,5,10)(H,7,8,9). The molecule has 3 N–H and O–H groups in total. The van der Waals surface area contributed by atoms with Gasteiger partial charge in [0.2, 0.25) is 0 Å². The number of hydrogen-bond acceptors (Lipinski definition) is 3. The molecule has 66 valence electrons. The molecule has 0 saturated heterocycles.